The van der Waals surface area contributed by atoms with Crippen LogP contribution in [-0.4, -0.2) is 54.8 Å². The lowest BCUT2D eigenvalue weighted by Crippen LogP contribution is -2.25. The van der Waals surface area contributed by atoms with Gasteiger partial charge < -0.3 is 20.9 Å². The number of primary amides is 1. The Hall–Kier alpha value is -0.790. The molecule has 0 aliphatic heterocycles. The average Bonchev–Trinajstić information content (AvgIpc) is 2.29. The van der Waals surface area contributed by atoms with E-state index in [2.05, 4.69) is 5.32 Å². The van der Waals surface area contributed by atoms with Gasteiger partial charge in [-0.2, -0.15) is 11.8 Å². The molecule has 0 saturated carbocycles. The van der Waals surface area contributed by atoms with E-state index in [0.717, 1.165) is 6.42 Å². The number of nitrogens with two attached hydrogens (primary N) is 1. The second kappa shape index (κ2) is 11.7. The Balaban J connectivity index is 3.20. The summed E-state index contributed by atoms with van der Waals surface area (Å²) in [5.41, 5.74) is 4.96. The zero-order valence-corrected chi connectivity index (χ0v) is 10.6. The van der Waals surface area contributed by atoms with Crippen molar-refractivity contribution in [2.75, 3.05) is 37.9 Å². The first-order valence-corrected chi connectivity index (χ1v) is 6.63. The highest BCUT2D eigenvalue weighted by atomic mass is 32.2. The number of ether oxygens (including phenoxy) is 1. The minimum atomic E-state index is -0.364. The zero-order valence-electron chi connectivity index (χ0n) is 9.81. The molecule has 0 rings (SSSR count). The quantitative estimate of drug-likeness (QED) is 0.420. The summed E-state index contributed by atoms with van der Waals surface area (Å²) < 4.78 is 5.03. The highest BCUT2D eigenvalue weighted by Gasteiger charge is 2.01. The van der Waals surface area contributed by atoms with Crippen molar-refractivity contribution in [3.8, 4) is 0 Å². The Kier molecular flexibility index (Phi) is 11.1. The van der Waals surface area contributed by atoms with Gasteiger partial charge in [0.05, 0.1) is 19.0 Å². The van der Waals surface area contributed by atoms with Gasteiger partial charge in [-0.1, -0.05) is 0 Å². The van der Waals surface area contributed by atoms with Crippen LogP contribution >= 0.6 is 11.8 Å². The fourth-order valence-electron chi connectivity index (χ4n) is 0.995. The van der Waals surface area contributed by atoms with Crippen molar-refractivity contribution in [2.24, 2.45) is 5.73 Å². The van der Waals surface area contributed by atoms with E-state index in [1.54, 1.807) is 0 Å². The number of hydrogen-bond acceptors (Lipinski definition) is 5. The van der Waals surface area contributed by atoms with Gasteiger partial charge in [-0.05, 0) is 6.42 Å². The number of hydrogen-bond donors (Lipinski definition) is 3. The van der Waals surface area contributed by atoms with Gasteiger partial charge >= 0.3 is 0 Å². The molecular weight excluding hydrogens is 244 g/mol. The monoisotopic (exact) mass is 264 g/mol. The first-order valence-electron chi connectivity index (χ1n) is 5.48. The third-order valence-corrected chi connectivity index (χ3v) is 2.72. The summed E-state index contributed by atoms with van der Waals surface area (Å²) in [5.74, 6) is 0.443. The van der Waals surface area contributed by atoms with Crippen LogP contribution in [-0.2, 0) is 14.3 Å². The standard InChI is InChI=1S/C10H20N2O4S/c11-9(14)8-17-7-2-10(15)12-3-1-5-16-6-4-13/h13H,1-8H2,(H2,11,14)(H,12,15). The number of carbonyl (C=O) groups excluding carboxylic acids is 2. The fraction of sp³-hybridized carbons (Fsp3) is 0.800. The van der Waals surface area contributed by atoms with E-state index < -0.39 is 0 Å². The number of rotatable bonds is 11. The Morgan fingerprint density at radius 3 is 2.76 bits per heavy atom. The molecule has 0 heterocycles. The Morgan fingerprint density at radius 2 is 2.12 bits per heavy atom. The molecule has 4 N–H and O–H groups in total. The van der Waals surface area contributed by atoms with Crippen molar-refractivity contribution in [2.45, 2.75) is 12.8 Å². The molecule has 0 radical (unpaired) electrons. The van der Waals surface area contributed by atoms with Gasteiger partial charge in [0.15, 0.2) is 0 Å². The molecule has 17 heavy (non-hydrogen) atoms. The molecular formula is C10H20N2O4S. The van der Waals surface area contributed by atoms with Crippen LogP contribution in [0.2, 0.25) is 0 Å². The summed E-state index contributed by atoms with van der Waals surface area (Å²) in [6.07, 6.45) is 1.11. The lowest BCUT2D eigenvalue weighted by molar-refractivity contribution is -0.120. The lowest BCUT2D eigenvalue weighted by atomic mass is 10.4. The van der Waals surface area contributed by atoms with Crippen LogP contribution in [0.4, 0.5) is 0 Å². The largest absolute Gasteiger partial charge is 0.394 e. The van der Waals surface area contributed by atoms with E-state index in [0.29, 0.717) is 31.9 Å². The minimum absolute atomic E-state index is 0.0173. The van der Waals surface area contributed by atoms with E-state index in [-0.39, 0.29) is 24.2 Å². The second-order valence-corrected chi connectivity index (χ2v) is 4.41. The number of aliphatic hydroxyl groups is 1. The summed E-state index contributed by atoms with van der Waals surface area (Å²) in [7, 11) is 0. The first kappa shape index (κ1) is 16.2. The molecule has 0 aromatic carbocycles. The van der Waals surface area contributed by atoms with Crippen LogP contribution in [0.15, 0.2) is 0 Å². The van der Waals surface area contributed by atoms with Crippen molar-refractivity contribution < 1.29 is 19.4 Å². The van der Waals surface area contributed by atoms with E-state index in [4.69, 9.17) is 15.6 Å². The number of aliphatic hydroxyl groups excluding tert-OH is 1. The molecule has 7 heteroatoms. The van der Waals surface area contributed by atoms with E-state index >= 15 is 0 Å². The van der Waals surface area contributed by atoms with E-state index in [1.807, 2.05) is 0 Å². The number of amides is 2. The number of nitrogens with one attached hydrogen (secondary N) is 1. The van der Waals surface area contributed by atoms with Crippen molar-refractivity contribution in [1.82, 2.24) is 5.32 Å². The summed E-state index contributed by atoms with van der Waals surface area (Å²) in [5, 5.41) is 11.2. The van der Waals surface area contributed by atoms with Crippen LogP contribution in [0.25, 0.3) is 0 Å². The van der Waals surface area contributed by atoms with Crippen LogP contribution < -0.4 is 11.1 Å². The first-order chi connectivity index (χ1) is 8.16. The van der Waals surface area contributed by atoms with Gasteiger partial charge in [-0.15, -0.1) is 0 Å². The maximum absolute atomic E-state index is 11.3. The SMILES string of the molecule is NC(=O)CSCCC(=O)NCCCOCCO. The molecule has 0 bridgehead atoms. The molecule has 100 valence electrons. The summed E-state index contributed by atoms with van der Waals surface area (Å²) in [6, 6.07) is 0. The number of carbonyl (C=O) groups is 2. The maximum atomic E-state index is 11.3. The molecule has 0 aliphatic rings. The van der Waals surface area contributed by atoms with Gasteiger partial charge in [-0.3, -0.25) is 9.59 Å². The van der Waals surface area contributed by atoms with E-state index in [9.17, 15) is 9.59 Å². The second-order valence-electron chi connectivity index (χ2n) is 3.31. The molecule has 0 saturated heterocycles. The number of thioether (sulfide) groups is 1. The van der Waals surface area contributed by atoms with Crippen LogP contribution in [0.3, 0.4) is 0 Å². The van der Waals surface area contributed by atoms with Crippen molar-refractivity contribution in [1.29, 1.82) is 0 Å². The Labute approximate surface area is 105 Å². The minimum Gasteiger partial charge on any atom is -0.394 e. The van der Waals surface area contributed by atoms with Crippen molar-refractivity contribution >= 4 is 23.6 Å². The van der Waals surface area contributed by atoms with Crippen LogP contribution in [0.1, 0.15) is 12.8 Å². The molecule has 0 spiro atoms. The van der Waals surface area contributed by atoms with Crippen LogP contribution in [0, 0.1) is 0 Å². The fourth-order valence-corrected chi connectivity index (χ4v) is 1.67. The van der Waals surface area contributed by atoms with E-state index in [1.165, 1.54) is 11.8 Å². The lowest BCUT2D eigenvalue weighted by Gasteiger charge is -2.05. The van der Waals surface area contributed by atoms with Gasteiger partial charge in [0.2, 0.25) is 11.8 Å². The van der Waals surface area contributed by atoms with Gasteiger partial charge in [0, 0.05) is 25.3 Å². The van der Waals surface area contributed by atoms with Gasteiger partial charge in [0.25, 0.3) is 0 Å². The zero-order chi connectivity index (χ0) is 12.9. The third kappa shape index (κ3) is 13.1. The summed E-state index contributed by atoms with van der Waals surface area (Å²) in [6.45, 7) is 1.43. The Morgan fingerprint density at radius 1 is 1.35 bits per heavy atom. The molecule has 0 aromatic heterocycles. The smallest absolute Gasteiger partial charge is 0.227 e. The molecule has 0 atom stereocenters. The maximum Gasteiger partial charge on any atom is 0.227 e. The molecule has 2 amide bonds. The molecule has 0 aromatic rings. The van der Waals surface area contributed by atoms with Gasteiger partial charge in [0.1, 0.15) is 0 Å². The molecule has 6 nitrogen and oxygen atoms in total. The highest BCUT2D eigenvalue weighted by Crippen LogP contribution is 2.00. The van der Waals surface area contributed by atoms with Gasteiger partial charge in [-0.25, -0.2) is 0 Å². The molecule has 0 unspecified atom stereocenters. The highest BCUT2D eigenvalue weighted by molar-refractivity contribution is 7.99. The topological polar surface area (TPSA) is 102 Å². The summed E-state index contributed by atoms with van der Waals surface area (Å²) >= 11 is 1.35. The van der Waals surface area contributed by atoms with Crippen molar-refractivity contribution in [3.63, 3.8) is 0 Å². The Bertz CT molecular complexity index is 226. The molecule has 0 aliphatic carbocycles. The normalized spacial score (nSPS) is 10.2. The van der Waals surface area contributed by atoms with Crippen LogP contribution in [0.5, 0.6) is 0 Å². The predicted octanol–water partition coefficient (Wildman–Crippen LogP) is -0.890. The summed E-state index contributed by atoms with van der Waals surface area (Å²) in [4.78, 5) is 21.7. The molecule has 0 fully saturated rings. The van der Waals surface area contributed by atoms with Crippen molar-refractivity contribution in [3.05, 3.63) is 0 Å². The third-order valence-electron chi connectivity index (χ3n) is 1.74. The average molecular weight is 264 g/mol. The predicted molar refractivity (Wildman–Crippen MR) is 66.7 cm³/mol.